The standard InChI is InChI=1S/C6H6N2S/c1-2-6-8-5(3-7)4-9-6/h2,5H,1,4H2. The van der Waals surface area contributed by atoms with Gasteiger partial charge in [0, 0.05) is 5.75 Å². The first kappa shape index (κ1) is 6.37. The van der Waals surface area contributed by atoms with Crippen LogP contribution >= 0.6 is 11.8 Å². The number of thioether (sulfide) groups is 1. The van der Waals surface area contributed by atoms with Gasteiger partial charge in [0.15, 0.2) is 0 Å². The Kier molecular flexibility index (Phi) is 1.91. The Bertz CT molecular complexity index is 190. The highest BCUT2D eigenvalue weighted by atomic mass is 32.2. The molecule has 0 N–H and O–H groups in total. The maximum Gasteiger partial charge on any atom is 0.147 e. The van der Waals surface area contributed by atoms with E-state index in [2.05, 4.69) is 17.6 Å². The molecule has 0 saturated carbocycles. The Morgan fingerprint density at radius 1 is 2.00 bits per heavy atom. The summed E-state index contributed by atoms with van der Waals surface area (Å²) < 4.78 is 0. The molecule has 46 valence electrons. The molecule has 1 aliphatic heterocycles. The molecule has 1 aliphatic rings. The first-order valence-corrected chi connectivity index (χ1v) is 3.58. The van der Waals surface area contributed by atoms with Gasteiger partial charge in [-0.1, -0.05) is 6.58 Å². The lowest BCUT2D eigenvalue weighted by molar-refractivity contribution is 0.975. The first-order valence-electron chi connectivity index (χ1n) is 2.59. The van der Waals surface area contributed by atoms with Gasteiger partial charge in [-0.3, -0.25) is 4.99 Å². The minimum atomic E-state index is -0.136. The number of hydrogen-bond donors (Lipinski definition) is 0. The SMILES string of the molecule is C=CC1=NC(C#N)CS1. The van der Waals surface area contributed by atoms with Crippen molar-refractivity contribution >= 4 is 16.8 Å². The van der Waals surface area contributed by atoms with Crippen molar-refractivity contribution in [3.05, 3.63) is 12.7 Å². The van der Waals surface area contributed by atoms with Gasteiger partial charge in [-0.05, 0) is 6.08 Å². The Hall–Kier alpha value is -0.750. The van der Waals surface area contributed by atoms with Gasteiger partial charge in [-0.15, -0.1) is 11.8 Å². The summed E-state index contributed by atoms with van der Waals surface area (Å²) in [6.07, 6.45) is 1.68. The zero-order chi connectivity index (χ0) is 6.69. The van der Waals surface area contributed by atoms with E-state index in [4.69, 9.17) is 5.26 Å². The zero-order valence-corrected chi connectivity index (χ0v) is 5.69. The van der Waals surface area contributed by atoms with Gasteiger partial charge in [0.05, 0.1) is 11.1 Å². The number of nitriles is 1. The smallest absolute Gasteiger partial charge is 0.147 e. The molecule has 0 aromatic heterocycles. The van der Waals surface area contributed by atoms with E-state index in [0.717, 1.165) is 10.8 Å². The molecule has 1 heterocycles. The van der Waals surface area contributed by atoms with Crippen LogP contribution in [0.3, 0.4) is 0 Å². The van der Waals surface area contributed by atoms with E-state index in [-0.39, 0.29) is 6.04 Å². The van der Waals surface area contributed by atoms with Crippen molar-refractivity contribution < 1.29 is 0 Å². The fourth-order valence-corrected chi connectivity index (χ4v) is 1.37. The number of rotatable bonds is 1. The molecule has 0 fully saturated rings. The number of aliphatic imine (C=N–C) groups is 1. The van der Waals surface area contributed by atoms with Gasteiger partial charge < -0.3 is 0 Å². The van der Waals surface area contributed by atoms with Crippen molar-refractivity contribution in [3.63, 3.8) is 0 Å². The molecule has 0 saturated heterocycles. The van der Waals surface area contributed by atoms with Gasteiger partial charge in [0.25, 0.3) is 0 Å². The van der Waals surface area contributed by atoms with Crippen molar-refractivity contribution in [2.24, 2.45) is 4.99 Å². The molecular formula is C6H6N2S. The van der Waals surface area contributed by atoms with Crippen LogP contribution in [0, 0.1) is 11.3 Å². The van der Waals surface area contributed by atoms with Crippen molar-refractivity contribution in [1.82, 2.24) is 0 Å². The predicted octanol–water partition coefficient (Wildman–Crippen LogP) is 1.21. The third-order valence-electron chi connectivity index (χ3n) is 0.996. The molecular weight excluding hydrogens is 132 g/mol. The highest BCUT2D eigenvalue weighted by Gasteiger charge is 2.13. The number of nitrogens with zero attached hydrogens (tertiary/aromatic N) is 2. The monoisotopic (exact) mass is 138 g/mol. The minimum absolute atomic E-state index is 0.136. The predicted molar refractivity (Wildman–Crippen MR) is 39.5 cm³/mol. The van der Waals surface area contributed by atoms with Crippen molar-refractivity contribution in [2.45, 2.75) is 6.04 Å². The van der Waals surface area contributed by atoms with Crippen LogP contribution in [0.5, 0.6) is 0 Å². The molecule has 0 aliphatic carbocycles. The molecule has 0 spiro atoms. The highest BCUT2D eigenvalue weighted by Crippen LogP contribution is 2.17. The molecule has 0 radical (unpaired) electrons. The molecule has 2 nitrogen and oxygen atoms in total. The largest absolute Gasteiger partial charge is 0.259 e. The van der Waals surface area contributed by atoms with Gasteiger partial charge >= 0.3 is 0 Å². The van der Waals surface area contributed by atoms with Crippen LogP contribution in [0.15, 0.2) is 17.6 Å². The molecule has 1 unspecified atom stereocenters. The maximum atomic E-state index is 8.37. The van der Waals surface area contributed by atoms with E-state index in [1.807, 2.05) is 0 Å². The average Bonchev–Trinajstić information content (AvgIpc) is 2.34. The molecule has 0 aromatic carbocycles. The van der Waals surface area contributed by atoms with Crippen LogP contribution in [-0.2, 0) is 0 Å². The van der Waals surface area contributed by atoms with Crippen LogP contribution in [-0.4, -0.2) is 16.8 Å². The van der Waals surface area contributed by atoms with Crippen LogP contribution in [0.25, 0.3) is 0 Å². The normalized spacial score (nSPS) is 24.8. The van der Waals surface area contributed by atoms with E-state index >= 15 is 0 Å². The van der Waals surface area contributed by atoms with Crippen LogP contribution in [0.4, 0.5) is 0 Å². The van der Waals surface area contributed by atoms with Crippen molar-refractivity contribution in [3.8, 4) is 6.07 Å². The molecule has 3 heteroatoms. The van der Waals surface area contributed by atoms with E-state index in [1.54, 1.807) is 17.8 Å². The molecule has 9 heavy (non-hydrogen) atoms. The van der Waals surface area contributed by atoms with Crippen LogP contribution in [0.2, 0.25) is 0 Å². The van der Waals surface area contributed by atoms with E-state index in [1.165, 1.54) is 0 Å². The summed E-state index contributed by atoms with van der Waals surface area (Å²) >= 11 is 1.58. The molecule has 0 amide bonds. The quantitative estimate of drug-likeness (QED) is 0.546. The molecule has 1 atom stereocenters. The summed E-state index contributed by atoms with van der Waals surface area (Å²) in [6, 6.07) is 1.94. The van der Waals surface area contributed by atoms with Crippen LogP contribution < -0.4 is 0 Å². The lowest BCUT2D eigenvalue weighted by atomic mass is 10.4. The average molecular weight is 138 g/mol. The van der Waals surface area contributed by atoms with Gasteiger partial charge in [0.1, 0.15) is 6.04 Å². The summed E-state index contributed by atoms with van der Waals surface area (Å²) in [7, 11) is 0. The van der Waals surface area contributed by atoms with Gasteiger partial charge in [-0.2, -0.15) is 5.26 Å². The van der Waals surface area contributed by atoms with Crippen LogP contribution in [0.1, 0.15) is 0 Å². The zero-order valence-electron chi connectivity index (χ0n) is 4.87. The molecule has 0 aromatic rings. The fourth-order valence-electron chi connectivity index (χ4n) is 0.570. The Labute approximate surface area is 58.3 Å². The summed E-state index contributed by atoms with van der Waals surface area (Å²) in [5.74, 6) is 0.790. The Morgan fingerprint density at radius 3 is 3.11 bits per heavy atom. The molecule has 1 rings (SSSR count). The maximum absolute atomic E-state index is 8.37. The Morgan fingerprint density at radius 2 is 2.78 bits per heavy atom. The summed E-state index contributed by atoms with van der Waals surface area (Å²) in [5, 5.41) is 9.26. The minimum Gasteiger partial charge on any atom is -0.259 e. The summed E-state index contributed by atoms with van der Waals surface area (Å²) in [4.78, 5) is 4.03. The van der Waals surface area contributed by atoms with E-state index < -0.39 is 0 Å². The topological polar surface area (TPSA) is 36.1 Å². The second kappa shape index (κ2) is 2.70. The number of hydrogen-bond acceptors (Lipinski definition) is 3. The first-order chi connectivity index (χ1) is 4.36. The summed E-state index contributed by atoms with van der Waals surface area (Å²) in [5.41, 5.74) is 0. The van der Waals surface area contributed by atoms with Gasteiger partial charge in [-0.25, -0.2) is 0 Å². The lowest BCUT2D eigenvalue weighted by Gasteiger charge is -1.84. The van der Waals surface area contributed by atoms with Crippen molar-refractivity contribution in [1.29, 1.82) is 5.26 Å². The van der Waals surface area contributed by atoms with Gasteiger partial charge in [0.2, 0.25) is 0 Å². The highest BCUT2D eigenvalue weighted by molar-refractivity contribution is 8.14. The van der Waals surface area contributed by atoms with E-state index in [9.17, 15) is 0 Å². The third-order valence-corrected chi connectivity index (χ3v) is 2.05. The second-order valence-electron chi connectivity index (χ2n) is 1.63. The third kappa shape index (κ3) is 1.33. The summed E-state index contributed by atoms with van der Waals surface area (Å²) in [6.45, 7) is 3.55. The van der Waals surface area contributed by atoms with E-state index in [0.29, 0.717) is 0 Å². The second-order valence-corrected chi connectivity index (χ2v) is 2.67. The lowest BCUT2D eigenvalue weighted by Crippen LogP contribution is -1.96. The fraction of sp³-hybridized carbons (Fsp3) is 0.333. The van der Waals surface area contributed by atoms with Crippen molar-refractivity contribution in [2.75, 3.05) is 5.75 Å². The Balaban J connectivity index is 2.62. The molecule has 0 bridgehead atoms.